The topological polar surface area (TPSA) is 156 Å². The van der Waals surface area contributed by atoms with E-state index in [-0.39, 0.29) is 23.9 Å². The molecule has 0 saturated carbocycles. The van der Waals surface area contributed by atoms with Gasteiger partial charge in [0.2, 0.25) is 0 Å². The third-order valence-corrected chi connectivity index (χ3v) is 3.54. The molecule has 0 unspecified atom stereocenters. The summed E-state index contributed by atoms with van der Waals surface area (Å²) in [6, 6.07) is 12.2. The highest BCUT2D eigenvalue weighted by Gasteiger charge is 2.11. The number of anilines is 3. The Balaban J connectivity index is 1.51. The van der Waals surface area contributed by atoms with Crippen molar-refractivity contribution in [1.29, 1.82) is 0 Å². The molecule has 2 aromatic heterocycles. The average molecular weight is 394 g/mol. The monoisotopic (exact) mass is 394 g/mol. The van der Waals surface area contributed by atoms with Crippen LogP contribution in [0, 0.1) is 0 Å². The molecule has 11 heteroatoms. The Kier molecular flexibility index (Phi) is 6.34. The van der Waals surface area contributed by atoms with Gasteiger partial charge < -0.3 is 10.5 Å². The minimum absolute atomic E-state index is 0.0864. The highest BCUT2D eigenvalue weighted by atomic mass is 16.5. The SMILES string of the molecule is Nc1c(NNC(=O)COc2ccccc2)ncnc1NNC(=O)c1cccnc1. The van der Waals surface area contributed by atoms with Crippen LogP contribution in [-0.4, -0.2) is 33.4 Å². The zero-order valence-corrected chi connectivity index (χ0v) is 15.1. The van der Waals surface area contributed by atoms with E-state index < -0.39 is 11.8 Å². The minimum atomic E-state index is -0.439. The number of aromatic nitrogens is 3. The maximum absolute atomic E-state index is 12.0. The number of carbonyl (C=O) groups excluding carboxylic acids is 2. The minimum Gasteiger partial charge on any atom is -0.484 e. The van der Waals surface area contributed by atoms with E-state index in [4.69, 9.17) is 10.5 Å². The van der Waals surface area contributed by atoms with Gasteiger partial charge in [-0.15, -0.1) is 0 Å². The van der Waals surface area contributed by atoms with Crippen LogP contribution in [0.25, 0.3) is 0 Å². The normalized spacial score (nSPS) is 9.93. The predicted octanol–water partition coefficient (Wildman–Crippen LogP) is 0.733. The molecule has 0 aliphatic rings. The number of ether oxygens (including phenoxy) is 1. The number of carbonyl (C=O) groups is 2. The van der Waals surface area contributed by atoms with Gasteiger partial charge >= 0.3 is 0 Å². The van der Waals surface area contributed by atoms with Crippen LogP contribution in [0.15, 0.2) is 61.2 Å². The Bertz CT molecular complexity index is 969. The zero-order valence-electron chi connectivity index (χ0n) is 15.1. The van der Waals surface area contributed by atoms with Gasteiger partial charge in [-0.2, -0.15) is 0 Å². The molecule has 0 spiro atoms. The van der Waals surface area contributed by atoms with Gasteiger partial charge in [0.1, 0.15) is 17.8 Å². The maximum Gasteiger partial charge on any atom is 0.276 e. The quantitative estimate of drug-likeness (QED) is 0.348. The summed E-state index contributed by atoms with van der Waals surface area (Å²) in [7, 11) is 0. The van der Waals surface area contributed by atoms with Crippen LogP contribution in [0.3, 0.4) is 0 Å². The van der Waals surface area contributed by atoms with Crippen molar-refractivity contribution in [3.8, 4) is 5.75 Å². The first kappa shape index (κ1) is 19.4. The van der Waals surface area contributed by atoms with Gasteiger partial charge in [0.25, 0.3) is 11.8 Å². The summed E-state index contributed by atoms with van der Waals surface area (Å²) in [5, 5.41) is 0. The average Bonchev–Trinajstić information content (AvgIpc) is 2.77. The van der Waals surface area contributed by atoms with Crippen LogP contribution in [-0.2, 0) is 4.79 Å². The molecular formula is C18H18N8O3. The molecular weight excluding hydrogens is 376 g/mol. The molecule has 0 radical (unpaired) electrons. The van der Waals surface area contributed by atoms with Gasteiger partial charge in [0.15, 0.2) is 18.2 Å². The second-order valence-electron chi connectivity index (χ2n) is 5.58. The van der Waals surface area contributed by atoms with E-state index >= 15 is 0 Å². The van der Waals surface area contributed by atoms with Gasteiger partial charge in [0.05, 0.1) is 5.56 Å². The highest BCUT2D eigenvalue weighted by molar-refractivity contribution is 5.94. The summed E-state index contributed by atoms with van der Waals surface area (Å²) in [5.74, 6) is 0.00370. The lowest BCUT2D eigenvalue weighted by Crippen LogP contribution is -2.35. The lowest BCUT2D eigenvalue weighted by Gasteiger charge is -2.13. The predicted molar refractivity (Wildman–Crippen MR) is 105 cm³/mol. The van der Waals surface area contributed by atoms with Gasteiger partial charge in [0, 0.05) is 12.4 Å². The summed E-state index contributed by atoms with van der Waals surface area (Å²) in [5.41, 5.74) is 16.5. The first-order valence-corrected chi connectivity index (χ1v) is 8.43. The molecule has 0 fully saturated rings. The van der Waals surface area contributed by atoms with E-state index in [0.717, 1.165) is 0 Å². The van der Waals surface area contributed by atoms with E-state index in [1.54, 1.807) is 42.6 Å². The lowest BCUT2D eigenvalue weighted by molar-refractivity contribution is -0.122. The Morgan fingerprint density at radius 1 is 0.966 bits per heavy atom. The first-order chi connectivity index (χ1) is 14.1. The number of hydrogen-bond donors (Lipinski definition) is 5. The molecule has 3 aromatic rings. The molecule has 148 valence electrons. The number of hydrogen-bond acceptors (Lipinski definition) is 9. The molecule has 0 bridgehead atoms. The lowest BCUT2D eigenvalue weighted by atomic mass is 10.3. The summed E-state index contributed by atoms with van der Waals surface area (Å²) in [6.07, 6.45) is 4.19. The Labute approximate surface area is 165 Å². The van der Waals surface area contributed by atoms with Gasteiger partial charge in [-0.1, -0.05) is 18.2 Å². The van der Waals surface area contributed by atoms with E-state index in [2.05, 4.69) is 36.7 Å². The van der Waals surface area contributed by atoms with Crippen molar-refractivity contribution in [1.82, 2.24) is 25.8 Å². The van der Waals surface area contributed by atoms with Gasteiger partial charge in [-0.05, 0) is 24.3 Å². The summed E-state index contributed by atoms with van der Waals surface area (Å²) >= 11 is 0. The van der Waals surface area contributed by atoms with Crippen LogP contribution in [0.5, 0.6) is 5.75 Å². The third kappa shape index (κ3) is 5.53. The van der Waals surface area contributed by atoms with Crippen molar-refractivity contribution in [3.63, 3.8) is 0 Å². The van der Waals surface area contributed by atoms with Crippen molar-refractivity contribution < 1.29 is 14.3 Å². The first-order valence-electron chi connectivity index (χ1n) is 8.43. The number of nitrogens with one attached hydrogen (secondary N) is 4. The van der Waals surface area contributed by atoms with Crippen molar-refractivity contribution in [2.24, 2.45) is 0 Å². The van der Waals surface area contributed by atoms with Crippen molar-refractivity contribution in [3.05, 3.63) is 66.7 Å². The molecule has 2 heterocycles. The number of rotatable bonds is 8. The number of pyridine rings is 1. The van der Waals surface area contributed by atoms with Crippen molar-refractivity contribution in [2.75, 3.05) is 23.2 Å². The Morgan fingerprint density at radius 2 is 1.69 bits per heavy atom. The highest BCUT2D eigenvalue weighted by Crippen LogP contribution is 2.20. The maximum atomic E-state index is 12.0. The summed E-state index contributed by atoms with van der Waals surface area (Å²) in [6.45, 7) is -0.200. The number of amides is 2. The summed E-state index contributed by atoms with van der Waals surface area (Å²) < 4.78 is 5.34. The fraction of sp³-hybridized carbons (Fsp3) is 0.0556. The zero-order chi connectivity index (χ0) is 20.5. The molecule has 0 saturated heterocycles. The van der Waals surface area contributed by atoms with E-state index in [1.165, 1.54) is 12.5 Å². The Morgan fingerprint density at radius 3 is 2.38 bits per heavy atom. The molecule has 6 N–H and O–H groups in total. The van der Waals surface area contributed by atoms with Crippen molar-refractivity contribution in [2.45, 2.75) is 0 Å². The molecule has 0 aliphatic carbocycles. The third-order valence-electron chi connectivity index (χ3n) is 3.54. The molecule has 11 nitrogen and oxygen atoms in total. The Hall–Kier alpha value is -4.41. The number of nitrogens with two attached hydrogens (primary N) is 1. The number of benzene rings is 1. The second-order valence-corrected chi connectivity index (χ2v) is 5.58. The molecule has 2 amide bonds. The molecule has 0 atom stereocenters. The van der Waals surface area contributed by atoms with E-state index in [0.29, 0.717) is 11.3 Å². The molecule has 0 aliphatic heterocycles. The largest absolute Gasteiger partial charge is 0.484 e. The van der Waals surface area contributed by atoms with Gasteiger partial charge in [-0.25, -0.2) is 9.97 Å². The van der Waals surface area contributed by atoms with Crippen LogP contribution < -0.4 is 32.2 Å². The number of nitrogen functional groups attached to an aromatic ring is 1. The molecule has 3 rings (SSSR count). The standard InChI is InChI=1S/C18H18N8O3/c19-15-16(24-23-14(27)10-29-13-6-2-1-3-7-13)21-11-22-17(15)25-26-18(28)12-5-4-8-20-9-12/h1-9,11H,10,19H2,(H,23,27)(H,26,28)(H2,21,22,24,25). The van der Waals surface area contributed by atoms with Gasteiger partial charge in [-0.3, -0.25) is 36.3 Å². The van der Waals surface area contributed by atoms with Crippen molar-refractivity contribution >= 4 is 29.1 Å². The van der Waals surface area contributed by atoms with E-state index in [9.17, 15) is 9.59 Å². The van der Waals surface area contributed by atoms with Crippen LogP contribution in [0.2, 0.25) is 0 Å². The number of nitrogens with zero attached hydrogens (tertiary/aromatic N) is 3. The second kappa shape index (κ2) is 9.50. The van der Waals surface area contributed by atoms with Crippen LogP contribution in [0.4, 0.5) is 17.3 Å². The fourth-order valence-corrected chi connectivity index (χ4v) is 2.11. The fourth-order valence-electron chi connectivity index (χ4n) is 2.11. The summed E-state index contributed by atoms with van der Waals surface area (Å²) in [4.78, 5) is 35.7. The van der Waals surface area contributed by atoms with Crippen LogP contribution in [0.1, 0.15) is 10.4 Å². The molecule has 29 heavy (non-hydrogen) atoms. The van der Waals surface area contributed by atoms with E-state index in [1.807, 2.05) is 6.07 Å². The number of hydrazine groups is 2. The number of para-hydroxylation sites is 1. The molecule has 1 aromatic carbocycles. The smallest absolute Gasteiger partial charge is 0.276 e. The van der Waals surface area contributed by atoms with Crippen LogP contribution >= 0.6 is 0 Å².